The van der Waals surface area contributed by atoms with E-state index in [4.69, 9.17) is 14.2 Å². The molecule has 0 saturated carbocycles. The first-order valence-corrected chi connectivity index (χ1v) is 8.99. The number of carbonyl (C=O) groups is 1. The largest absolute Gasteiger partial charge is 0.494 e. The zero-order valence-corrected chi connectivity index (χ0v) is 14.4. The molecule has 2 saturated heterocycles. The Hall–Kier alpha value is -1.59. The van der Waals surface area contributed by atoms with E-state index < -0.39 is 0 Å². The predicted octanol–water partition coefficient (Wildman–Crippen LogP) is 2.63. The van der Waals surface area contributed by atoms with E-state index in [0.29, 0.717) is 32.2 Å². The standard InChI is InChI=1S/C19H27NO4/c1-2-22-17-6-3-15(4-7-17)5-8-18(21)20-11-9-16(10-12-20)19-23-13-14-24-19/h3-4,6-7,16,19H,2,5,8-14H2,1H3. The Morgan fingerprint density at radius 2 is 1.83 bits per heavy atom. The van der Waals surface area contributed by atoms with Crippen LogP contribution in [0.4, 0.5) is 0 Å². The van der Waals surface area contributed by atoms with Gasteiger partial charge in [-0.25, -0.2) is 0 Å². The minimum Gasteiger partial charge on any atom is -0.494 e. The summed E-state index contributed by atoms with van der Waals surface area (Å²) in [7, 11) is 0. The number of rotatable bonds is 6. The van der Waals surface area contributed by atoms with E-state index in [9.17, 15) is 4.79 Å². The van der Waals surface area contributed by atoms with Crippen molar-refractivity contribution in [3.05, 3.63) is 29.8 Å². The van der Waals surface area contributed by atoms with E-state index in [1.54, 1.807) is 0 Å². The maximum atomic E-state index is 12.4. The van der Waals surface area contributed by atoms with E-state index in [1.807, 2.05) is 36.1 Å². The van der Waals surface area contributed by atoms with Crippen LogP contribution >= 0.6 is 0 Å². The van der Waals surface area contributed by atoms with Crippen LogP contribution in [0.2, 0.25) is 0 Å². The highest BCUT2D eigenvalue weighted by atomic mass is 16.7. The van der Waals surface area contributed by atoms with Crippen molar-refractivity contribution in [1.82, 2.24) is 4.90 Å². The fraction of sp³-hybridized carbons (Fsp3) is 0.632. The molecule has 24 heavy (non-hydrogen) atoms. The van der Waals surface area contributed by atoms with E-state index in [-0.39, 0.29) is 12.2 Å². The molecule has 1 aromatic rings. The zero-order valence-electron chi connectivity index (χ0n) is 14.4. The molecule has 3 rings (SSSR count). The van der Waals surface area contributed by atoms with Gasteiger partial charge in [0.05, 0.1) is 19.8 Å². The van der Waals surface area contributed by atoms with Crippen molar-refractivity contribution in [2.75, 3.05) is 32.9 Å². The fourth-order valence-corrected chi connectivity index (χ4v) is 3.40. The maximum absolute atomic E-state index is 12.4. The molecule has 5 nitrogen and oxygen atoms in total. The first kappa shape index (κ1) is 17.2. The summed E-state index contributed by atoms with van der Waals surface area (Å²) in [4.78, 5) is 14.4. The van der Waals surface area contributed by atoms with Gasteiger partial charge in [0.15, 0.2) is 6.29 Å². The number of amides is 1. The number of aryl methyl sites for hydroxylation is 1. The molecule has 0 aromatic heterocycles. The topological polar surface area (TPSA) is 48.0 Å². The Morgan fingerprint density at radius 1 is 1.17 bits per heavy atom. The van der Waals surface area contributed by atoms with E-state index >= 15 is 0 Å². The van der Waals surface area contributed by atoms with Gasteiger partial charge in [-0.3, -0.25) is 4.79 Å². The van der Waals surface area contributed by atoms with Crippen LogP contribution in [0.15, 0.2) is 24.3 Å². The van der Waals surface area contributed by atoms with Crippen LogP contribution in [0.5, 0.6) is 5.75 Å². The van der Waals surface area contributed by atoms with E-state index in [1.165, 1.54) is 5.56 Å². The number of likely N-dealkylation sites (tertiary alicyclic amines) is 1. The van der Waals surface area contributed by atoms with Crippen LogP contribution in [-0.4, -0.2) is 50.0 Å². The molecule has 0 spiro atoms. The second-order valence-electron chi connectivity index (χ2n) is 6.41. The van der Waals surface area contributed by atoms with Crippen LogP contribution in [0.3, 0.4) is 0 Å². The van der Waals surface area contributed by atoms with Gasteiger partial charge in [0, 0.05) is 25.4 Å². The number of benzene rings is 1. The lowest BCUT2D eigenvalue weighted by molar-refractivity contribution is -0.136. The van der Waals surface area contributed by atoms with Crippen LogP contribution in [0, 0.1) is 5.92 Å². The summed E-state index contributed by atoms with van der Waals surface area (Å²) < 4.78 is 16.6. The van der Waals surface area contributed by atoms with Gasteiger partial charge in [-0.2, -0.15) is 0 Å². The molecule has 2 fully saturated rings. The second-order valence-corrected chi connectivity index (χ2v) is 6.41. The molecule has 0 bridgehead atoms. The Bertz CT molecular complexity index is 517. The average Bonchev–Trinajstić information content (AvgIpc) is 3.16. The number of piperidine rings is 1. The van der Waals surface area contributed by atoms with Crippen molar-refractivity contribution < 1.29 is 19.0 Å². The van der Waals surface area contributed by atoms with Crippen molar-refractivity contribution in [3.63, 3.8) is 0 Å². The van der Waals surface area contributed by atoms with Gasteiger partial charge in [-0.1, -0.05) is 12.1 Å². The number of hydrogen-bond acceptors (Lipinski definition) is 4. The molecule has 2 aliphatic rings. The van der Waals surface area contributed by atoms with Crippen molar-refractivity contribution in [2.24, 2.45) is 5.92 Å². The van der Waals surface area contributed by atoms with Gasteiger partial charge >= 0.3 is 0 Å². The van der Waals surface area contributed by atoms with Crippen LogP contribution < -0.4 is 4.74 Å². The summed E-state index contributed by atoms with van der Waals surface area (Å²) in [5, 5.41) is 0. The van der Waals surface area contributed by atoms with Gasteiger partial charge in [0.2, 0.25) is 5.91 Å². The summed E-state index contributed by atoms with van der Waals surface area (Å²) >= 11 is 0. The predicted molar refractivity (Wildman–Crippen MR) is 90.9 cm³/mol. The van der Waals surface area contributed by atoms with Gasteiger partial charge < -0.3 is 19.1 Å². The lowest BCUT2D eigenvalue weighted by atomic mass is 9.95. The summed E-state index contributed by atoms with van der Waals surface area (Å²) in [5.41, 5.74) is 1.18. The number of carbonyl (C=O) groups excluding carboxylic acids is 1. The Morgan fingerprint density at radius 3 is 2.46 bits per heavy atom. The summed E-state index contributed by atoms with van der Waals surface area (Å²) in [6.45, 7) is 5.68. The molecule has 2 aliphatic heterocycles. The third-order valence-electron chi connectivity index (χ3n) is 4.79. The minimum atomic E-state index is -0.0499. The van der Waals surface area contributed by atoms with Gasteiger partial charge in [0.25, 0.3) is 0 Å². The van der Waals surface area contributed by atoms with E-state index in [0.717, 1.165) is 38.1 Å². The van der Waals surface area contributed by atoms with Crippen LogP contribution in [0.25, 0.3) is 0 Å². The first-order chi connectivity index (χ1) is 11.8. The average molecular weight is 333 g/mol. The molecular weight excluding hydrogens is 306 g/mol. The second kappa shape index (κ2) is 8.49. The molecule has 0 atom stereocenters. The molecule has 0 radical (unpaired) electrons. The highest BCUT2D eigenvalue weighted by Crippen LogP contribution is 2.26. The lowest BCUT2D eigenvalue weighted by Crippen LogP contribution is -2.41. The summed E-state index contributed by atoms with van der Waals surface area (Å²) in [5.74, 6) is 1.56. The SMILES string of the molecule is CCOc1ccc(CCC(=O)N2CCC(C3OCCO3)CC2)cc1. The Labute approximate surface area is 143 Å². The number of hydrogen-bond donors (Lipinski definition) is 0. The Balaban J connectivity index is 1.40. The van der Waals surface area contributed by atoms with Gasteiger partial charge in [-0.05, 0) is 43.9 Å². The number of ether oxygens (including phenoxy) is 3. The van der Waals surface area contributed by atoms with Crippen molar-refractivity contribution >= 4 is 5.91 Å². The maximum Gasteiger partial charge on any atom is 0.222 e. The molecule has 2 heterocycles. The molecule has 0 N–H and O–H groups in total. The summed E-state index contributed by atoms with van der Waals surface area (Å²) in [6.07, 6.45) is 3.24. The highest BCUT2D eigenvalue weighted by Gasteiger charge is 2.31. The fourth-order valence-electron chi connectivity index (χ4n) is 3.40. The third-order valence-corrected chi connectivity index (χ3v) is 4.79. The monoisotopic (exact) mass is 333 g/mol. The first-order valence-electron chi connectivity index (χ1n) is 8.99. The molecule has 1 aromatic carbocycles. The van der Waals surface area contributed by atoms with Crippen molar-refractivity contribution in [3.8, 4) is 5.75 Å². The van der Waals surface area contributed by atoms with Gasteiger partial charge in [0.1, 0.15) is 5.75 Å². The van der Waals surface area contributed by atoms with Crippen LogP contribution in [-0.2, 0) is 20.7 Å². The minimum absolute atomic E-state index is 0.0499. The van der Waals surface area contributed by atoms with Crippen molar-refractivity contribution in [1.29, 1.82) is 0 Å². The molecular formula is C19H27NO4. The van der Waals surface area contributed by atoms with E-state index in [2.05, 4.69) is 0 Å². The third kappa shape index (κ3) is 4.48. The van der Waals surface area contributed by atoms with Crippen LogP contribution in [0.1, 0.15) is 31.7 Å². The molecule has 0 unspecified atom stereocenters. The molecule has 5 heteroatoms. The number of nitrogens with zero attached hydrogens (tertiary/aromatic N) is 1. The zero-order chi connectivity index (χ0) is 16.8. The molecule has 1 amide bonds. The normalized spacial score (nSPS) is 19.6. The van der Waals surface area contributed by atoms with Crippen molar-refractivity contribution in [2.45, 2.75) is 38.9 Å². The summed E-state index contributed by atoms with van der Waals surface area (Å²) in [6, 6.07) is 8.02. The van der Waals surface area contributed by atoms with Gasteiger partial charge in [-0.15, -0.1) is 0 Å². The quantitative estimate of drug-likeness (QED) is 0.803. The highest BCUT2D eigenvalue weighted by molar-refractivity contribution is 5.76. The molecule has 0 aliphatic carbocycles. The molecule has 132 valence electrons. The smallest absolute Gasteiger partial charge is 0.222 e. The lowest BCUT2D eigenvalue weighted by Gasteiger charge is -2.34. The Kier molecular flexibility index (Phi) is 6.10.